The Kier molecular flexibility index (Phi) is 5.60. The lowest BCUT2D eigenvalue weighted by Gasteiger charge is -2.17. The van der Waals surface area contributed by atoms with E-state index >= 15 is 0 Å². The van der Waals surface area contributed by atoms with Gasteiger partial charge >= 0.3 is 0 Å². The molecule has 2 aromatic rings. The smallest absolute Gasteiger partial charge is 0.251 e. The van der Waals surface area contributed by atoms with Gasteiger partial charge in [-0.3, -0.25) is 4.79 Å². The monoisotopic (exact) mass is 362 g/mol. The van der Waals surface area contributed by atoms with Crippen LogP contribution >= 0.6 is 0 Å². The summed E-state index contributed by atoms with van der Waals surface area (Å²) in [7, 11) is 0. The van der Waals surface area contributed by atoms with Gasteiger partial charge in [0, 0.05) is 24.7 Å². The second-order valence-electron chi connectivity index (χ2n) is 6.04. The number of hydrogen-bond acceptors (Lipinski definition) is 5. The summed E-state index contributed by atoms with van der Waals surface area (Å²) in [4.78, 5) is 22.8. The van der Waals surface area contributed by atoms with Crippen molar-refractivity contribution in [2.75, 3.05) is 31.1 Å². The molecule has 1 N–H and O–H groups in total. The van der Waals surface area contributed by atoms with E-state index in [0.717, 1.165) is 43.9 Å². The molecule has 0 spiro atoms. The Morgan fingerprint density at radius 3 is 2.69 bits per heavy atom. The van der Waals surface area contributed by atoms with Gasteiger partial charge in [0.25, 0.3) is 5.91 Å². The zero-order valence-corrected chi connectivity index (χ0v) is 14.5. The zero-order valence-electron chi connectivity index (χ0n) is 14.5. The van der Waals surface area contributed by atoms with Crippen LogP contribution in [0.2, 0.25) is 0 Å². The molecule has 0 radical (unpaired) electrons. The maximum atomic E-state index is 13.2. The number of nitrogens with one attached hydrogen (secondary N) is 1. The van der Waals surface area contributed by atoms with Crippen LogP contribution in [0.5, 0.6) is 5.88 Å². The number of aromatic nitrogens is 2. The van der Waals surface area contributed by atoms with E-state index in [2.05, 4.69) is 20.2 Å². The van der Waals surface area contributed by atoms with Crippen LogP contribution in [0.4, 0.5) is 14.6 Å². The Morgan fingerprint density at radius 2 is 1.96 bits per heavy atom. The lowest BCUT2D eigenvalue weighted by atomic mass is 10.2. The van der Waals surface area contributed by atoms with Crippen molar-refractivity contribution in [2.45, 2.75) is 19.8 Å². The molecule has 8 heteroatoms. The second kappa shape index (κ2) is 8.07. The fourth-order valence-electron chi connectivity index (χ4n) is 2.77. The van der Waals surface area contributed by atoms with E-state index in [1.54, 1.807) is 13.0 Å². The van der Waals surface area contributed by atoms with Crippen LogP contribution in [-0.4, -0.2) is 42.1 Å². The Bertz CT molecular complexity index is 795. The van der Waals surface area contributed by atoms with E-state index in [9.17, 15) is 13.6 Å². The first-order valence-corrected chi connectivity index (χ1v) is 8.49. The van der Waals surface area contributed by atoms with Crippen molar-refractivity contribution in [3.63, 3.8) is 0 Å². The molecule has 2 heterocycles. The molecule has 0 atom stereocenters. The van der Waals surface area contributed by atoms with Crippen molar-refractivity contribution in [2.24, 2.45) is 0 Å². The number of benzene rings is 1. The maximum absolute atomic E-state index is 13.2. The SMILES string of the molecule is Cc1nc(OCCNC(=O)c2ccc(F)c(F)c2)cc(N2CCCC2)n1. The highest BCUT2D eigenvalue weighted by Gasteiger charge is 2.15. The number of aryl methyl sites for hydroxylation is 1. The Balaban J connectivity index is 1.51. The second-order valence-corrected chi connectivity index (χ2v) is 6.04. The van der Waals surface area contributed by atoms with Crippen molar-refractivity contribution in [3.05, 3.63) is 47.3 Å². The highest BCUT2D eigenvalue weighted by Crippen LogP contribution is 2.21. The minimum atomic E-state index is -1.06. The summed E-state index contributed by atoms with van der Waals surface area (Å²) in [5.74, 6) is -0.630. The third kappa shape index (κ3) is 4.44. The van der Waals surface area contributed by atoms with Crippen molar-refractivity contribution in [1.82, 2.24) is 15.3 Å². The highest BCUT2D eigenvalue weighted by atomic mass is 19.2. The number of anilines is 1. The first-order chi connectivity index (χ1) is 12.5. The molecule has 1 aliphatic heterocycles. The molecule has 1 aromatic carbocycles. The van der Waals surface area contributed by atoms with Crippen molar-refractivity contribution in [1.29, 1.82) is 0 Å². The molecule has 6 nitrogen and oxygen atoms in total. The summed E-state index contributed by atoms with van der Waals surface area (Å²) in [5, 5.41) is 2.59. The molecule has 1 saturated heterocycles. The molecule has 3 rings (SSSR count). The Morgan fingerprint density at radius 1 is 1.19 bits per heavy atom. The van der Waals surface area contributed by atoms with Crippen molar-refractivity contribution in [3.8, 4) is 5.88 Å². The van der Waals surface area contributed by atoms with Gasteiger partial charge in [0.15, 0.2) is 11.6 Å². The van der Waals surface area contributed by atoms with Gasteiger partial charge in [-0.25, -0.2) is 13.8 Å². The van der Waals surface area contributed by atoms with Gasteiger partial charge in [-0.15, -0.1) is 0 Å². The maximum Gasteiger partial charge on any atom is 0.251 e. The normalized spacial score (nSPS) is 13.7. The van der Waals surface area contributed by atoms with Gasteiger partial charge in [0.2, 0.25) is 5.88 Å². The number of rotatable bonds is 6. The number of halogens is 2. The average molecular weight is 362 g/mol. The predicted octanol–water partition coefficient (Wildman–Crippen LogP) is 2.47. The minimum absolute atomic E-state index is 0.0538. The summed E-state index contributed by atoms with van der Waals surface area (Å²) >= 11 is 0. The topological polar surface area (TPSA) is 67.3 Å². The molecule has 0 saturated carbocycles. The molecule has 1 fully saturated rings. The van der Waals surface area contributed by atoms with E-state index in [1.807, 2.05) is 0 Å². The number of ether oxygens (including phenoxy) is 1. The summed E-state index contributed by atoms with van der Waals surface area (Å²) in [6.45, 7) is 4.16. The van der Waals surface area contributed by atoms with Gasteiger partial charge in [0.05, 0.1) is 6.54 Å². The minimum Gasteiger partial charge on any atom is -0.476 e. The van der Waals surface area contributed by atoms with Gasteiger partial charge in [0.1, 0.15) is 18.2 Å². The van der Waals surface area contributed by atoms with Crippen molar-refractivity contribution < 1.29 is 18.3 Å². The fourth-order valence-corrected chi connectivity index (χ4v) is 2.77. The third-order valence-corrected chi connectivity index (χ3v) is 4.05. The summed E-state index contributed by atoms with van der Waals surface area (Å²) < 4.78 is 31.6. The first kappa shape index (κ1) is 18.0. The molecule has 1 amide bonds. The lowest BCUT2D eigenvalue weighted by molar-refractivity contribution is 0.0946. The molecule has 0 aliphatic carbocycles. The van der Waals surface area contributed by atoms with Crippen LogP contribution in [-0.2, 0) is 0 Å². The van der Waals surface area contributed by atoms with E-state index in [0.29, 0.717) is 11.7 Å². The lowest BCUT2D eigenvalue weighted by Crippen LogP contribution is -2.28. The molecule has 138 valence electrons. The van der Waals surface area contributed by atoms with Crippen LogP contribution in [0, 0.1) is 18.6 Å². The van der Waals surface area contributed by atoms with Crippen molar-refractivity contribution >= 4 is 11.7 Å². The summed E-state index contributed by atoms with van der Waals surface area (Å²) in [6.07, 6.45) is 2.30. The largest absolute Gasteiger partial charge is 0.476 e. The Labute approximate surface area is 150 Å². The highest BCUT2D eigenvalue weighted by molar-refractivity contribution is 5.94. The van der Waals surface area contributed by atoms with Gasteiger partial charge in [-0.05, 0) is 38.0 Å². The van der Waals surface area contributed by atoms with Crippen LogP contribution in [0.1, 0.15) is 29.0 Å². The van der Waals surface area contributed by atoms with Gasteiger partial charge < -0.3 is 15.0 Å². The average Bonchev–Trinajstić information content (AvgIpc) is 3.15. The van der Waals surface area contributed by atoms with Crippen LogP contribution in [0.25, 0.3) is 0 Å². The van der Waals surface area contributed by atoms with Crippen LogP contribution in [0.3, 0.4) is 0 Å². The standard InChI is InChI=1S/C18H20F2N4O2/c1-12-22-16(24-7-2-3-8-24)11-17(23-12)26-9-6-21-18(25)13-4-5-14(19)15(20)10-13/h4-5,10-11H,2-3,6-9H2,1H3,(H,21,25). The quantitative estimate of drug-likeness (QED) is 0.800. The molecule has 0 unspecified atom stereocenters. The van der Waals surface area contributed by atoms with Gasteiger partial charge in [-0.2, -0.15) is 4.98 Å². The summed E-state index contributed by atoms with van der Waals surface area (Å²) in [5.41, 5.74) is 0.0538. The molecule has 26 heavy (non-hydrogen) atoms. The summed E-state index contributed by atoms with van der Waals surface area (Å²) in [6, 6.07) is 4.80. The number of carbonyl (C=O) groups is 1. The first-order valence-electron chi connectivity index (χ1n) is 8.49. The number of carbonyl (C=O) groups excluding carboxylic acids is 1. The zero-order chi connectivity index (χ0) is 18.5. The molecular formula is C18H20F2N4O2. The molecule has 1 aliphatic rings. The van der Waals surface area contributed by atoms with E-state index in [1.165, 1.54) is 6.07 Å². The van der Waals surface area contributed by atoms with Crippen LogP contribution in [0.15, 0.2) is 24.3 Å². The number of nitrogens with zero attached hydrogens (tertiary/aromatic N) is 3. The Hall–Kier alpha value is -2.77. The van der Waals surface area contributed by atoms with E-state index in [4.69, 9.17) is 4.74 Å². The van der Waals surface area contributed by atoms with E-state index in [-0.39, 0.29) is 18.7 Å². The molecular weight excluding hydrogens is 342 g/mol. The molecule has 1 aromatic heterocycles. The fraction of sp³-hybridized carbons (Fsp3) is 0.389. The molecule has 0 bridgehead atoms. The van der Waals surface area contributed by atoms with Gasteiger partial charge in [-0.1, -0.05) is 0 Å². The number of amides is 1. The third-order valence-electron chi connectivity index (χ3n) is 4.05. The predicted molar refractivity (Wildman–Crippen MR) is 92.4 cm³/mol. The van der Waals surface area contributed by atoms with E-state index < -0.39 is 17.5 Å². The number of hydrogen-bond donors (Lipinski definition) is 1. The van der Waals surface area contributed by atoms with Crippen LogP contribution < -0.4 is 15.0 Å².